The van der Waals surface area contributed by atoms with Gasteiger partial charge in [0.1, 0.15) is 6.54 Å². The number of nitrogens with one attached hydrogen (secondary N) is 1. The predicted molar refractivity (Wildman–Crippen MR) is 73.1 cm³/mol. The van der Waals surface area contributed by atoms with Gasteiger partial charge in [0, 0.05) is 25.2 Å². The fourth-order valence-electron chi connectivity index (χ4n) is 1.86. The van der Waals surface area contributed by atoms with Crippen molar-refractivity contribution in [3.8, 4) is 0 Å². The molecule has 2 rings (SSSR count). The van der Waals surface area contributed by atoms with Crippen LogP contribution in [-0.4, -0.2) is 48.4 Å². The summed E-state index contributed by atoms with van der Waals surface area (Å²) in [5.41, 5.74) is 0. The molecule has 2 aromatic rings. The fourth-order valence-corrected chi connectivity index (χ4v) is 4.32. The van der Waals surface area contributed by atoms with Gasteiger partial charge in [-0.2, -0.15) is 17.5 Å². The van der Waals surface area contributed by atoms with Gasteiger partial charge in [0.15, 0.2) is 15.8 Å². The summed E-state index contributed by atoms with van der Waals surface area (Å²) in [5.74, 6) is 0.0301. The molecule has 2 aromatic heterocycles. The molecule has 0 spiro atoms. The molecule has 0 aliphatic heterocycles. The van der Waals surface area contributed by atoms with Crippen LogP contribution >= 0.6 is 11.3 Å². The zero-order chi connectivity index (χ0) is 15.8. The van der Waals surface area contributed by atoms with Gasteiger partial charge in [0.2, 0.25) is 0 Å². The third-order valence-electron chi connectivity index (χ3n) is 2.75. The van der Waals surface area contributed by atoms with E-state index in [9.17, 15) is 21.6 Å². The Kier molecular flexibility index (Phi) is 4.17. The fraction of sp³-hybridized carbons (Fsp3) is 0.500. The molecule has 0 saturated carbocycles. The van der Waals surface area contributed by atoms with Crippen LogP contribution in [0.4, 0.5) is 19.0 Å². The van der Waals surface area contributed by atoms with Crippen molar-refractivity contribution in [2.24, 2.45) is 0 Å². The Bertz CT molecular complexity index is 735. The van der Waals surface area contributed by atoms with Crippen molar-refractivity contribution >= 4 is 32.1 Å². The van der Waals surface area contributed by atoms with Gasteiger partial charge in [0.25, 0.3) is 10.0 Å². The second kappa shape index (κ2) is 5.46. The number of thiazole rings is 1. The molecule has 2 heterocycles. The van der Waals surface area contributed by atoms with Crippen molar-refractivity contribution < 1.29 is 21.6 Å². The lowest BCUT2D eigenvalue weighted by Crippen LogP contribution is -2.39. The zero-order valence-electron chi connectivity index (χ0n) is 11.2. The van der Waals surface area contributed by atoms with Crippen molar-refractivity contribution in [3.05, 3.63) is 11.6 Å². The van der Waals surface area contributed by atoms with Crippen molar-refractivity contribution in [1.29, 1.82) is 0 Å². The van der Waals surface area contributed by atoms with Crippen LogP contribution in [0.3, 0.4) is 0 Å². The van der Waals surface area contributed by atoms with Gasteiger partial charge in [-0.15, -0.1) is 11.3 Å². The minimum atomic E-state index is -4.61. The van der Waals surface area contributed by atoms with E-state index >= 15 is 0 Å². The van der Waals surface area contributed by atoms with Crippen molar-refractivity contribution in [3.63, 3.8) is 0 Å². The minimum Gasteiger partial charge on any atom is -0.371 e. The van der Waals surface area contributed by atoms with E-state index in [1.54, 1.807) is 5.38 Å². The lowest BCUT2D eigenvalue weighted by molar-refractivity contribution is -0.135. The first-order valence-electron chi connectivity index (χ1n) is 5.91. The summed E-state index contributed by atoms with van der Waals surface area (Å²) >= 11 is 1.19. The standard InChI is InChI=1S/C10H13F3N4O2S2/c1-3-16(6-10(11,12)13)21(18,19)8-7(14-2)15-9-17(8)4-5-20-9/h4-5,14H,3,6H2,1-2H3. The van der Waals surface area contributed by atoms with Crippen LogP contribution < -0.4 is 5.32 Å². The molecule has 118 valence electrons. The molecule has 0 aromatic carbocycles. The van der Waals surface area contributed by atoms with E-state index in [0.29, 0.717) is 9.27 Å². The lowest BCUT2D eigenvalue weighted by Gasteiger charge is -2.21. The number of fused-ring (bicyclic) bond motifs is 1. The summed E-state index contributed by atoms with van der Waals surface area (Å²) in [6.45, 7) is -0.469. The van der Waals surface area contributed by atoms with Crippen molar-refractivity contribution in [2.75, 3.05) is 25.5 Å². The van der Waals surface area contributed by atoms with Crippen molar-refractivity contribution in [1.82, 2.24) is 13.7 Å². The van der Waals surface area contributed by atoms with Gasteiger partial charge >= 0.3 is 6.18 Å². The first-order chi connectivity index (χ1) is 9.70. The predicted octanol–water partition coefficient (Wildman–Crippen LogP) is 2.01. The Balaban J connectivity index is 2.56. The number of aromatic nitrogens is 2. The number of hydrogen-bond donors (Lipinski definition) is 1. The van der Waals surface area contributed by atoms with Crippen LogP contribution in [0, 0.1) is 0 Å². The Labute approximate surface area is 123 Å². The number of nitrogens with zero attached hydrogens (tertiary/aromatic N) is 3. The van der Waals surface area contributed by atoms with Gasteiger partial charge < -0.3 is 5.32 Å². The average molecular weight is 342 g/mol. The topological polar surface area (TPSA) is 66.7 Å². The molecule has 0 bridgehead atoms. The Morgan fingerprint density at radius 2 is 2.14 bits per heavy atom. The third-order valence-corrected chi connectivity index (χ3v) is 5.45. The Morgan fingerprint density at radius 1 is 1.48 bits per heavy atom. The monoisotopic (exact) mass is 342 g/mol. The minimum absolute atomic E-state index is 0.0301. The Morgan fingerprint density at radius 3 is 2.67 bits per heavy atom. The summed E-state index contributed by atoms with van der Waals surface area (Å²) in [5, 5.41) is 3.93. The molecule has 0 atom stereocenters. The maximum atomic E-state index is 12.6. The summed E-state index contributed by atoms with van der Waals surface area (Å²) < 4.78 is 64.4. The van der Waals surface area contributed by atoms with E-state index in [2.05, 4.69) is 10.3 Å². The van der Waals surface area contributed by atoms with E-state index in [1.807, 2.05) is 0 Å². The highest BCUT2D eigenvalue weighted by Gasteiger charge is 2.38. The van der Waals surface area contributed by atoms with Crippen LogP contribution in [0.5, 0.6) is 0 Å². The maximum Gasteiger partial charge on any atom is 0.402 e. The molecule has 0 aliphatic rings. The van der Waals surface area contributed by atoms with Gasteiger partial charge in [0.05, 0.1) is 0 Å². The second-order valence-corrected chi connectivity index (χ2v) is 6.84. The highest BCUT2D eigenvalue weighted by molar-refractivity contribution is 7.89. The van der Waals surface area contributed by atoms with Crippen molar-refractivity contribution in [2.45, 2.75) is 18.1 Å². The number of alkyl halides is 3. The van der Waals surface area contributed by atoms with Gasteiger partial charge in [-0.05, 0) is 0 Å². The molecule has 0 amide bonds. The number of hydrogen-bond acceptors (Lipinski definition) is 5. The molecule has 0 fully saturated rings. The molecule has 6 nitrogen and oxygen atoms in total. The number of halogens is 3. The van der Waals surface area contributed by atoms with Crippen LogP contribution in [0.15, 0.2) is 16.6 Å². The molecule has 21 heavy (non-hydrogen) atoms. The normalized spacial score (nSPS) is 13.2. The van der Waals surface area contributed by atoms with E-state index in [-0.39, 0.29) is 17.4 Å². The van der Waals surface area contributed by atoms with Gasteiger partial charge in [-0.3, -0.25) is 4.40 Å². The first-order valence-corrected chi connectivity index (χ1v) is 8.23. The second-order valence-electron chi connectivity index (χ2n) is 4.12. The zero-order valence-corrected chi connectivity index (χ0v) is 12.8. The molecule has 0 unspecified atom stereocenters. The quantitative estimate of drug-likeness (QED) is 0.903. The highest BCUT2D eigenvalue weighted by atomic mass is 32.2. The summed E-state index contributed by atoms with van der Waals surface area (Å²) in [6, 6.07) is 0. The van der Waals surface area contributed by atoms with E-state index in [4.69, 9.17) is 0 Å². The Hall–Kier alpha value is -1.33. The van der Waals surface area contributed by atoms with E-state index in [0.717, 1.165) is 0 Å². The molecule has 0 saturated heterocycles. The van der Waals surface area contributed by atoms with Gasteiger partial charge in [-0.25, -0.2) is 13.4 Å². The smallest absolute Gasteiger partial charge is 0.371 e. The van der Waals surface area contributed by atoms with Gasteiger partial charge in [-0.1, -0.05) is 6.92 Å². The molecule has 0 aliphatic carbocycles. The summed E-state index contributed by atoms with van der Waals surface area (Å²) in [6.07, 6.45) is -3.15. The SMILES string of the molecule is CCN(CC(F)(F)F)S(=O)(=O)c1c(NC)nc2sccn12. The van der Waals surface area contributed by atoms with E-state index < -0.39 is 22.7 Å². The van der Waals surface area contributed by atoms with Crippen LogP contribution in [0.2, 0.25) is 0 Å². The molecule has 11 heteroatoms. The molecule has 0 radical (unpaired) electrons. The largest absolute Gasteiger partial charge is 0.402 e. The number of anilines is 1. The average Bonchev–Trinajstić information content (AvgIpc) is 2.93. The first kappa shape index (κ1) is 16.0. The van der Waals surface area contributed by atoms with E-state index in [1.165, 1.54) is 35.9 Å². The van der Waals surface area contributed by atoms with Crippen LogP contribution in [-0.2, 0) is 10.0 Å². The number of rotatable bonds is 5. The molecule has 1 N–H and O–H groups in total. The van der Waals surface area contributed by atoms with Crippen LogP contribution in [0.25, 0.3) is 4.96 Å². The highest BCUT2D eigenvalue weighted by Crippen LogP contribution is 2.29. The summed E-state index contributed by atoms with van der Waals surface area (Å²) in [7, 11) is -2.86. The summed E-state index contributed by atoms with van der Waals surface area (Å²) in [4.78, 5) is 4.44. The number of sulfonamides is 1. The maximum absolute atomic E-state index is 12.6. The lowest BCUT2D eigenvalue weighted by atomic mass is 10.6. The molecular weight excluding hydrogens is 329 g/mol. The van der Waals surface area contributed by atoms with Crippen LogP contribution in [0.1, 0.15) is 6.92 Å². The third kappa shape index (κ3) is 2.99. The molecular formula is C10H13F3N4O2S2. The number of imidazole rings is 1.